The zero-order valence-corrected chi connectivity index (χ0v) is 14.5. The lowest BCUT2D eigenvalue weighted by molar-refractivity contribution is -0.131. The lowest BCUT2D eigenvalue weighted by Gasteiger charge is -2.30. The van der Waals surface area contributed by atoms with Crippen molar-refractivity contribution in [1.82, 2.24) is 20.1 Å². The van der Waals surface area contributed by atoms with Crippen molar-refractivity contribution >= 4 is 17.2 Å². The minimum atomic E-state index is 0.195. The van der Waals surface area contributed by atoms with Gasteiger partial charge in [0.15, 0.2) is 0 Å². The van der Waals surface area contributed by atoms with Gasteiger partial charge in [-0.3, -0.25) is 9.78 Å². The normalized spacial score (nSPS) is 15.4. The number of pyridine rings is 1. The molecule has 0 aliphatic carbocycles. The SMILES string of the molecule is O=C(Cc1cccs1)N1CCC(c2nnc(-c3ccccn3)o2)CC1. The van der Waals surface area contributed by atoms with Crippen LogP contribution in [0.5, 0.6) is 0 Å². The fourth-order valence-corrected chi connectivity index (χ4v) is 3.74. The molecule has 0 atom stereocenters. The first-order chi connectivity index (χ1) is 12.3. The summed E-state index contributed by atoms with van der Waals surface area (Å²) >= 11 is 1.63. The van der Waals surface area contributed by atoms with Crippen LogP contribution in [-0.4, -0.2) is 39.1 Å². The van der Waals surface area contributed by atoms with Crippen molar-refractivity contribution in [2.75, 3.05) is 13.1 Å². The van der Waals surface area contributed by atoms with Gasteiger partial charge in [-0.1, -0.05) is 12.1 Å². The van der Waals surface area contributed by atoms with Gasteiger partial charge in [0.25, 0.3) is 5.89 Å². The van der Waals surface area contributed by atoms with Gasteiger partial charge >= 0.3 is 0 Å². The maximum Gasteiger partial charge on any atom is 0.266 e. The van der Waals surface area contributed by atoms with E-state index in [1.807, 2.05) is 40.6 Å². The molecule has 0 saturated carbocycles. The predicted molar refractivity (Wildman–Crippen MR) is 94.1 cm³/mol. The van der Waals surface area contributed by atoms with E-state index in [4.69, 9.17) is 4.42 Å². The third-order valence-electron chi connectivity index (χ3n) is 4.43. The number of thiophene rings is 1. The Kier molecular flexibility index (Phi) is 4.56. The number of likely N-dealkylation sites (tertiary alicyclic amines) is 1. The van der Waals surface area contributed by atoms with Crippen LogP contribution >= 0.6 is 11.3 Å². The number of hydrogen-bond acceptors (Lipinski definition) is 6. The van der Waals surface area contributed by atoms with Gasteiger partial charge in [0, 0.05) is 30.1 Å². The average molecular weight is 354 g/mol. The van der Waals surface area contributed by atoms with Crippen molar-refractivity contribution in [2.45, 2.75) is 25.2 Å². The Labute approximate surface area is 149 Å². The Hall–Kier alpha value is -2.54. The summed E-state index contributed by atoms with van der Waals surface area (Å²) in [5.74, 6) is 1.49. The van der Waals surface area contributed by atoms with E-state index < -0.39 is 0 Å². The van der Waals surface area contributed by atoms with Gasteiger partial charge < -0.3 is 9.32 Å². The monoisotopic (exact) mass is 354 g/mol. The number of rotatable bonds is 4. The largest absolute Gasteiger partial charge is 0.419 e. The average Bonchev–Trinajstić information content (AvgIpc) is 3.34. The Morgan fingerprint density at radius 1 is 1.20 bits per heavy atom. The first kappa shape index (κ1) is 16.0. The molecular formula is C18H18N4O2S. The van der Waals surface area contributed by atoms with Crippen LogP contribution < -0.4 is 0 Å². The number of carbonyl (C=O) groups is 1. The lowest BCUT2D eigenvalue weighted by Crippen LogP contribution is -2.38. The molecule has 1 fully saturated rings. The minimum absolute atomic E-state index is 0.195. The molecule has 25 heavy (non-hydrogen) atoms. The zero-order valence-electron chi connectivity index (χ0n) is 13.7. The first-order valence-corrected chi connectivity index (χ1v) is 9.22. The molecule has 7 heteroatoms. The highest BCUT2D eigenvalue weighted by Crippen LogP contribution is 2.29. The second kappa shape index (κ2) is 7.14. The lowest BCUT2D eigenvalue weighted by atomic mass is 9.96. The number of aromatic nitrogens is 3. The summed E-state index contributed by atoms with van der Waals surface area (Å²) in [6, 6.07) is 9.58. The van der Waals surface area contributed by atoms with Crippen LogP contribution in [0.3, 0.4) is 0 Å². The summed E-state index contributed by atoms with van der Waals surface area (Å²) < 4.78 is 5.80. The van der Waals surface area contributed by atoms with Crippen LogP contribution in [0.4, 0.5) is 0 Å². The van der Waals surface area contributed by atoms with E-state index in [-0.39, 0.29) is 11.8 Å². The third-order valence-corrected chi connectivity index (χ3v) is 5.30. The number of amides is 1. The van der Waals surface area contributed by atoms with Gasteiger partial charge in [0.2, 0.25) is 11.8 Å². The summed E-state index contributed by atoms with van der Waals surface area (Å²) in [5, 5.41) is 10.3. The van der Waals surface area contributed by atoms with Gasteiger partial charge in [0.1, 0.15) is 5.69 Å². The van der Waals surface area contributed by atoms with Crippen molar-refractivity contribution < 1.29 is 9.21 Å². The van der Waals surface area contributed by atoms with Crippen molar-refractivity contribution in [3.63, 3.8) is 0 Å². The van der Waals surface area contributed by atoms with Crippen molar-refractivity contribution in [3.8, 4) is 11.6 Å². The molecule has 128 valence electrons. The van der Waals surface area contributed by atoms with Gasteiger partial charge in [-0.05, 0) is 36.4 Å². The molecule has 0 radical (unpaired) electrons. The first-order valence-electron chi connectivity index (χ1n) is 8.34. The Morgan fingerprint density at radius 3 is 2.80 bits per heavy atom. The molecule has 3 aromatic rings. The van der Waals surface area contributed by atoms with Crippen LogP contribution in [0.25, 0.3) is 11.6 Å². The van der Waals surface area contributed by atoms with Gasteiger partial charge in [-0.2, -0.15) is 0 Å². The van der Waals surface area contributed by atoms with E-state index in [1.165, 1.54) is 0 Å². The van der Waals surface area contributed by atoms with E-state index >= 15 is 0 Å². The second-order valence-corrected chi connectivity index (χ2v) is 7.10. The number of hydrogen-bond donors (Lipinski definition) is 0. The molecule has 0 unspecified atom stereocenters. The molecule has 0 spiro atoms. The fourth-order valence-electron chi connectivity index (χ4n) is 3.04. The summed E-state index contributed by atoms with van der Waals surface area (Å²) in [5.41, 5.74) is 0.685. The molecule has 0 aromatic carbocycles. The van der Waals surface area contributed by atoms with Gasteiger partial charge in [-0.15, -0.1) is 21.5 Å². The van der Waals surface area contributed by atoms with E-state index in [0.29, 0.717) is 23.9 Å². The van der Waals surface area contributed by atoms with Crippen LogP contribution in [-0.2, 0) is 11.2 Å². The molecule has 1 aliphatic rings. The topological polar surface area (TPSA) is 72.1 Å². The van der Waals surface area contributed by atoms with E-state index in [1.54, 1.807) is 17.5 Å². The highest BCUT2D eigenvalue weighted by atomic mass is 32.1. The molecule has 1 saturated heterocycles. The number of carbonyl (C=O) groups excluding carboxylic acids is 1. The molecule has 1 aliphatic heterocycles. The van der Waals surface area contributed by atoms with Crippen LogP contribution in [0.15, 0.2) is 46.3 Å². The molecule has 6 nitrogen and oxygen atoms in total. The quantitative estimate of drug-likeness (QED) is 0.720. The van der Waals surface area contributed by atoms with Gasteiger partial charge in [0.05, 0.1) is 6.42 Å². The van der Waals surface area contributed by atoms with Crippen LogP contribution in [0, 0.1) is 0 Å². The van der Waals surface area contributed by atoms with Crippen molar-refractivity contribution in [2.24, 2.45) is 0 Å². The molecule has 4 rings (SSSR count). The van der Waals surface area contributed by atoms with E-state index in [0.717, 1.165) is 30.8 Å². The standard InChI is InChI=1S/C18H18N4O2S/c23-16(12-14-4-3-11-25-14)22-9-6-13(7-10-22)17-20-21-18(24-17)15-5-1-2-8-19-15/h1-5,8,11,13H,6-7,9-10,12H2. The summed E-state index contributed by atoms with van der Waals surface area (Å²) in [6.07, 6.45) is 3.89. The summed E-state index contributed by atoms with van der Waals surface area (Å²) in [6.45, 7) is 1.46. The fraction of sp³-hybridized carbons (Fsp3) is 0.333. The Morgan fingerprint density at radius 2 is 2.08 bits per heavy atom. The summed E-state index contributed by atoms with van der Waals surface area (Å²) in [7, 11) is 0. The van der Waals surface area contributed by atoms with Crippen LogP contribution in [0.1, 0.15) is 29.5 Å². The molecular weight excluding hydrogens is 336 g/mol. The molecule has 0 bridgehead atoms. The van der Waals surface area contributed by atoms with Crippen molar-refractivity contribution in [1.29, 1.82) is 0 Å². The maximum atomic E-state index is 12.4. The van der Waals surface area contributed by atoms with Crippen LogP contribution in [0.2, 0.25) is 0 Å². The summed E-state index contributed by atoms with van der Waals surface area (Å²) in [4.78, 5) is 19.7. The van der Waals surface area contributed by atoms with Crippen molar-refractivity contribution in [3.05, 3.63) is 52.7 Å². The number of nitrogens with zero attached hydrogens (tertiary/aromatic N) is 4. The Balaban J connectivity index is 1.36. The molecule has 1 amide bonds. The smallest absolute Gasteiger partial charge is 0.266 e. The van der Waals surface area contributed by atoms with Gasteiger partial charge in [-0.25, -0.2) is 0 Å². The predicted octanol–water partition coefficient (Wildman–Crippen LogP) is 3.14. The molecule has 3 aromatic heterocycles. The highest BCUT2D eigenvalue weighted by Gasteiger charge is 2.27. The minimum Gasteiger partial charge on any atom is -0.419 e. The Bertz CT molecular complexity index is 824. The highest BCUT2D eigenvalue weighted by molar-refractivity contribution is 7.10. The second-order valence-electron chi connectivity index (χ2n) is 6.07. The number of piperidine rings is 1. The van der Waals surface area contributed by atoms with E-state index in [2.05, 4.69) is 15.2 Å². The third kappa shape index (κ3) is 3.61. The zero-order chi connectivity index (χ0) is 17.1. The molecule has 4 heterocycles. The van der Waals surface area contributed by atoms with E-state index in [9.17, 15) is 4.79 Å². The maximum absolute atomic E-state index is 12.4. The molecule has 0 N–H and O–H groups in total.